The van der Waals surface area contributed by atoms with Crippen LogP contribution in [0.1, 0.15) is 13.8 Å². The van der Waals surface area contributed by atoms with E-state index in [-0.39, 0.29) is 11.9 Å². The fraction of sp³-hybridized carbons (Fsp3) is 0.667. The second kappa shape index (κ2) is 7.46. The smallest absolute Gasteiger partial charge is 0.313 e. The molecule has 1 aromatic rings. The average molecular weight is 277 g/mol. The van der Waals surface area contributed by atoms with Crippen molar-refractivity contribution in [2.45, 2.75) is 24.3 Å². The lowest BCUT2D eigenvalue weighted by Gasteiger charge is -2.10. The summed E-state index contributed by atoms with van der Waals surface area (Å²) < 4.78 is 6.01. The molecule has 1 heterocycles. The highest BCUT2D eigenvalue weighted by atomic mass is 32.2. The van der Waals surface area contributed by atoms with Crippen LogP contribution in [0.4, 0.5) is 5.13 Å². The molecule has 1 rings (SSSR count). The largest absolute Gasteiger partial charge is 0.481 e. The minimum atomic E-state index is -0.857. The molecule has 8 heteroatoms. The van der Waals surface area contributed by atoms with Crippen molar-refractivity contribution in [2.24, 2.45) is 0 Å². The third-order valence-corrected chi connectivity index (χ3v) is 3.72. The summed E-state index contributed by atoms with van der Waals surface area (Å²) in [5, 5.41) is 20.1. The zero-order valence-corrected chi connectivity index (χ0v) is 11.3. The van der Waals surface area contributed by atoms with Gasteiger partial charge in [-0.05, 0) is 13.8 Å². The molecule has 0 bridgehead atoms. The van der Waals surface area contributed by atoms with E-state index in [9.17, 15) is 4.79 Å². The number of thioether (sulfide) groups is 1. The maximum Gasteiger partial charge on any atom is 0.313 e. The molecular weight excluding hydrogens is 262 g/mol. The predicted octanol–water partition coefficient (Wildman–Crippen LogP) is 1.55. The number of carboxylic acids is 1. The predicted molar refractivity (Wildman–Crippen MR) is 67.8 cm³/mol. The number of nitrogens with one attached hydrogen (secondary N) is 1. The van der Waals surface area contributed by atoms with Gasteiger partial charge in [0.15, 0.2) is 4.34 Å². The van der Waals surface area contributed by atoms with Crippen LogP contribution in [0.3, 0.4) is 0 Å². The summed E-state index contributed by atoms with van der Waals surface area (Å²) in [6.07, 6.45) is 0.110. The van der Waals surface area contributed by atoms with Crippen LogP contribution in [0, 0.1) is 0 Å². The molecule has 17 heavy (non-hydrogen) atoms. The highest BCUT2D eigenvalue weighted by Gasteiger charge is 2.08. The van der Waals surface area contributed by atoms with Crippen molar-refractivity contribution < 1.29 is 14.6 Å². The number of carboxylic acid groups (broad SMARTS) is 1. The number of anilines is 1. The molecule has 96 valence electrons. The first-order valence-corrected chi connectivity index (χ1v) is 6.95. The van der Waals surface area contributed by atoms with Crippen LogP contribution in [0.2, 0.25) is 0 Å². The second-order valence-corrected chi connectivity index (χ2v) is 5.40. The molecule has 1 atom stereocenters. The molecular formula is C9H15N3O3S2. The Labute approximate surface area is 108 Å². The van der Waals surface area contributed by atoms with E-state index in [1.165, 1.54) is 23.1 Å². The Morgan fingerprint density at radius 2 is 2.41 bits per heavy atom. The van der Waals surface area contributed by atoms with Gasteiger partial charge in [-0.3, -0.25) is 4.79 Å². The van der Waals surface area contributed by atoms with Gasteiger partial charge in [-0.25, -0.2) is 0 Å². The normalized spacial score (nSPS) is 12.4. The summed E-state index contributed by atoms with van der Waals surface area (Å²) in [4.78, 5) is 10.4. The Morgan fingerprint density at radius 3 is 3.06 bits per heavy atom. The van der Waals surface area contributed by atoms with Crippen LogP contribution in [-0.4, -0.2) is 46.3 Å². The monoisotopic (exact) mass is 277 g/mol. The molecule has 0 aliphatic carbocycles. The molecule has 0 saturated carbocycles. The van der Waals surface area contributed by atoms with Crippen LogP contribution in [0.5, 0.6) is 0 Å². The number of aromatic nitrogens is 2. The average Bonchev–Trinajstić information content (AvgIpc) is 2.72. The lowest BCUT2D eigenvalue weighted by Crippen LogP contribution is -2.19. The van der Waals surface area contributed by atoms with E-state index < -0.39 is 5.97 Å². The fourth-order valence-electron chi connectivity index (χ4n) is 1.04. The Morgan fingerprint density at radius 1 is 1.65 bits per heavy atom. The van der Waals surface area contributed by atoms with Gasteiger partial charge in [-0.15, -0.1) is 10.2 Å². The highest BCUT2D eigenvalue weighted by molar-refractivity contribution is 8.01. The van der Waals surface area contributed by atoms with E-state index in [1.54, 1.807) is 0 Å². The van der Waals surface area contributed by atoms with Crippen molar-refractivity contribution in [1.82, 2.24) is 10.2 Å². The Kier molecular flexibility index (Phi) is 6.23. The number of ether oxygens (including phenoxy) is 1. The highest BCUT2D eigenvalue weighted by Crippen LogP contribution is 2.25. The van der Waals surface area contributed by atoms with Gasteiger partial charge in [-0.2, -0.15) is 0 Å². The lowest BCUT2D eigenvalue weighted by molar-refractivity contribution is -0.133. The van der Waals surface area contributed by atoms with Gasteiger partial charge in [0.05, 0.1) is 11.9 Å². The van der Waals surface area contributed by atoms with E-state index in [0.29, 0.717) is 22.6 Å². The Hall–Kier alpha value is -0.860. The third kappa shape index (κ3) is 5.85. The summed E-state index contributed by atoms with van der Waals surface area (Å²) in [5.74, 6) is -0.853. The summed E-state index contributed by atoms with van der Waals surface area (Å²) in [7, 11) is 0. The molecule has 2 N–H and O–H groups in total. The molecule has 1 unspecified atom stereocenters. The van der Waals surface area contributed by atoms with Gasteiger partial charge in [0.25, 0.3) is 0 Å². The van der Waals surface area contributed by atoms with Gasteiger partial charge >= 0.3 is 5.97 Å². The SMILES string of the molecule is CCOC(C)CNc1nnc(SCC(=O)O)s1. The van der Waals surface area contributed by atoms with Crippen molar-refractivity contribution in [3.05, 3.63) is 0 Å². The van der Waals surface area contributed by atoms with Crippen LogP contribution in [0.25, 0.3) is 0 Å². The van der Waals surface area contributed by atoms with E-state index in [2.05, 4.69) is 15.5 Å². The molecule has 1 aromatic heterocycles. The molecule has 0 fully saturated rings. The van der Waals surface area contributed by atoms with Crippen molar-refractivity contribution in [1.29, 1.82) is 0 Å². The van der Waals surface area contributed by atoms with Gasteiger partial charge in [0.1, 0.15) is 0 Å². The second-order valence-electron chi connectivity index (χ2n) is 3.20. The first-order chi connectivity index (χ1) is 8.11. The van der Waals surface area contributed by atoms with Crippen molar-refractivity contribution in [2.75, 3.05) is 24.2 Å². The Balaban J connectivity index is 2.32. The molecule has 0 spiro atoms. The van der Waals surface area contributed by atoms with Gasteiger partial charge in [0, 0.05) is 13.2 Å². The van der Waals surface area contributed by atoms with Crippen molar-refractivity contribution >= 4 is 34.2 Å². The Bertz CT molecular complexity index is 359. The molecule has 0 radical (unpaired) electrons. The molecule has 0 saturated heterocycles. The van der Waals surface area contributed by atoms with Crippen molar-refractivity contribution in [3.8, 4) is 0 Å². The van der Waals surface area contributed by atoms with E-state index >= 15 is 0 Å². The lowest BCUT2D eigenvalue weighted by atomic mass is 10.4. The minimum absolute atomic E-state index is 0.00395. The maximum absolute atomic E-state index is 10.4. The quantitative estimate of drug-likeness (QED) is 0.697. The zero-order valence-electron chi connectivity index (χ0n) is 9.67. The summed E-state index contributed by atoms with van der Waals surface area (Å²) in [6, 6.07) is 0. The summed E-state index contributed by atoms with van der Waals surface area (Å²) in [5.41, 5.74) is 0. The maximum atomic E-state index is 10.4. The number of nitrogens with zero attached hydrogens (tertiary/aromatic N) is 2. The first kappa shape index (κ1) is 14.2. The molecule has 6 nitrogen and oxygen atoms in total. The number of hydrogen-bond donors (Lipinski definition) is 2. The molecule has 0 aromatic carbocycles. The van der Waals surface area contributed by atoms with Crippen molar-refractivity contribution in [3.63, 3.8) is 0 Å². The first-order valence-electron chi connectivity index (χ1n) is 5.15. The summed E-state index contributed by atoms with van der Waals surface area (Å²) >= 11 is 2.51. The van der Waals surface area contributed by atoms with Gasteiger partial charge in [0.2, 0.25) is 5.13 Å². The van der Waals surface area contributed by atoms with Crippen LogP contribution >= 0.6 is 23.1 Å². The van der Waals surface area contributed by atoms with Crippen LogP contribution < -0.4 is 5.32 Å². The number of hydrogen-bond acceptors (Lipinski definition) is 7. The number of rotatable bonds is 8. The fourth-order valence-corrected chi connectivity index (χ4v) is 2.52. The number of aliphatic carboxylic acids is 1. The summed E-state index contributed by atoms with van der Waals surface area (Å²) in [6.45, 7) is 5.25. The number of carbonyl (C=O) groups is 1. The minimum Gasteiger partial charge on any atom is -0.481 e. The van der Waals surface area contributed by atoms with E-state index in [0.717, 1.165) is 0 Å². The van der Waals surface area contributed by atoms with Gasteiger partial charge < -0.3 is 15.2 Å². The van der Waals surface area contributed by atoms with E-state index in [4.69, 9.17) is 9.84 Å². The van der Waals surface area contributed by atoms with Gasteiger partial charge in [-0.1, -0.05) is 23.1 Å². The zero-order chi connectivity index (χ0) is 12.7. The van der Waals surface area contributed by atoms with E-state index in [1.807, 2.05) is 13.8 Å². The molecule has 0 aliphatic rings. The molecule has 0 amide bonds. The topological polar surface area (TPSA) is 84.3 Å². The van der Waals surface area contributed by atoms with Crippen LogP contribution in [0.15, 0.2) is 4.34 Å². The van der Waals surface area contributed by atoms with Crippen LogP contribution in [-0.2, 0) is 9.53 Å². The third-order valence-electron chi connectivity index (χ3n) is 1.72. The molecule has 0 aliphatic heterocycles. The standard InChI is InChI=1S/C9H15N3O3S2/c1-3-15-6(2)4-10-8-11-12-9(17-8)16-5-7(13)14/h6H,3-5H2,1-2H3,(H,10,11)(H,13,14).